The molecule has 0 aromatic heterocycles. The van der Waals surface area contributed by atoms with Gasteiger partial charge in [-0.05, 0) is 6.92 Å². The Morgan fingerprint density at radius 2 is 2.20 bits per heavy atom. The van der Waals surface area contributed by atoms with Gasteiger partial charge in [-0.15, -0.1) is 0 Å². The van der Waals surface area contributed by atoms with Crippen LogP contribution in [0.4, 0.5) is 0 Å². The van der Waals surface area contributed by atoms with Gasteiger partial charge in [0.25, 0.3) is 0 Å². The fourth-order valence-corrected chi connectivity index (χ4v) is 0.942. The number of aliphatic hydroxyl groups is 2. The number of carbonyl (C=O) groups is 1. The highest BCUT2D eigenvalue weighted by Crippen LogP contribution is 2.14. The van der Waals surface area contributed by atoms with Gasteiger partial charge in [0.1, 0.15) is 6.10 Å². The van der Waals surface area contributed by atoms with Gasteiger partial charge in [0.2, 0.25) is 0 Å². The average molecular weight is 146 g/mol. The molecule has 4 nitrogen and oxygen atoms in total. The quantitative estimate of drug-likeness (QED) is 0.432. The Bertz CT molecular complexity index is 145. The lowest BCUT2D eigenvalue weighted by molar-refractivity contribution is -0.177. The van der Waals surface area contributed by atoms with Crippen LogP contribution in [0.1, 0.15) is 13.3 Å². The van der Waals surface area contributed by atoms with Gasteiger partial charge in [-0.25, -0.2) is 4.79 Å². The Hall–Kier alpha value is -0.610. The van der Waals surface area contributed by atoms with E-state index >= 15 is 0 Å². The lowest BCUT2D eigenvalue weighted by Gasteiger charge is -2.26. The molecule has 0 aliphatic carbocycles. The van der Waals surface area contributed by atoms with Crippen molar-refractivity contribution in [1.82, 2.24) is 0 Å². The molecule has 0 unspecified atom stereocenters. The molecule has 1 saturated heterocycles. The molecule has 3 atom stereocenters. The summed E-state index contributed by atoms with van der Waals surface area (Å²) in [6.07, 6.45) is -2.29. The van der Waals surface area contributed by atoms with Gasteiger partial charge in [-0.1, -0.05) is 0 Å². The van der Waals surface area contributed by atoms with Crippen LogP contribution in [-0.4, -0.2) is 34.5 Å². The fourth-order valence-electron chi connectivity index (χ4n) is 0.942. The largest absolute Gasteiger partial charge is 0.461 e. The molecule has 1 fully saturated rings. The topological polar surface area (TPSA) is 66.8 Å². The summed E-state index contributed by atoms with van der Waals surface area (Å²) < 4.78 is 4.62. The summed E-state index contributed by atoms with van der Waals surface area (Å²) in [4.78, 5) is 10.6. The molecule has 1 heterocycles. The van der Waals surface area contributed by atoms with Gasteiger partial charge in [0.15, 0.2) is 6.10 Å². The van der Waals surface area contributed by atoms with Crippen LogP contribution in [0.2, 0.25) is 0 Å². The Morgan fingerprint density at radius 3 is 2.70 bits per heavy atom. The molecule has 0 spiro atoms. The van der Waals surface area contributed by atoms with E-state index in [2.05, 4.69) is 4.74 Å². The van der Waals surface area contributed by atoms with Gasteiger partial charge in [-0.2, -0.15) is 0 Å². The zero-order valence-electron chi connectivity index (χ0n) is 5.65. The van der Waals surface area contributed by atoms with E-state index in [1.165, 1.54) is 0 Å². The second-order valence-corrected chi connectivity index (χ2v) is 2.50. The number of ether oxygens (including phenoxy) is 1. The van der Waals surface area contributed by atoms with Crippen LogP contribution in [0.15, 0.2) is 0 Å². The third kappa shape index (κ3) is 1.27. The Balaban J connectivity index is 2.57. The molecule has 1 aliphatic rings. The van der Waals surface area contributed by atoms with Crippen molar-refractivity contribution in [2.24, 2.45) is 0 Å². The second kappa shape index (κ2) is 2.56. The van der Waals surface area contributed by atoms with Crippen molar-refractivity contribution in [3.63, 3.8) is 0 Å². The van der Waals surface area contributed by atoms with E-state index in [9.17, 15) is 4.79 Å². The highest BCUT2D eigenvalue weighted by Gasteiger charge is 2.33. The molecule has 0 aromatic rings. The van der Waals surface area contributed by atoms with Crippen molar-refractivity contribution < 1.29 is 19.7 Å². The Kier molecular flexibility index (Phi) is 1.92. The van der Waals surface area contributed by atoms with Gasteiger partial charge < -0.3 is 14.9 Å². The van der Waals surface area contributed by atoms with Crippen molar-refractivity contribution in [1.29, 1.82) is 0 Å². The monoisotopic (exact) mass is 146 g/mol. The minimum Gasteiger partial charge on any atom is -0.461 e. The van der Waals surface area contributed by atoms with Gasteiger partial charge >= 0.3 is 5.97 Å². The maximum atomic E-state index is 10.6. The third-order valence-electron chi connectivity index (χ3n) is 1.50. The molecule has 4 heteroatoms. The first-order chi connectivity index (χ1) is 4.61. The molecular weight excluding hydrogens is 136 g/mol. The first kappa shape index (κ1) is 7.50. The number of carbonyl (C=O) groups excluding carboxylic acids is 1. The van der Waals surface area contributed by atoms with Crippen LogP contribution < -0.4 is 0 Å². The number of hydrogen-bond acceptors (Lipinski definition) is 4. The fraction of sp³-hybridized carbons (Fsp3) is 0.833. The summed E-state index contributed by atoms with van der Waals surface area (Å²) in [6, 6.07) is 0. The van der Waals surface area contributed by atoms with E-state index in [-0.39, 0.29) is 6.10 Å². The van der Waals surface area contributed by atoms with Crippen LogP contribution in [0, 0.1) is 0 Å². The molecule has 1 aliphatic heterocycles. The molecule has 0 saturated carbocycles. The molecule has 10 heavy (non-hydrogen) atoms. The van der Waals surface area contributed by atoms with E-state index in [1.54, 1.807) is 6.92 Å². The number of cyclic esters (lactones) is 1. The number of aliphatic hydroxyl groups excluding tert-OH is 2. The van der Waals surface area contributed by atoms with E-state index in [0.717, 1.165) is 0 Å². The van der Waals surface area contributed by atoms with Crippen molar-refractivity contribution >= 4 is 5.97 Å². The van der Waals surface area contributed by atoms with Gasteiger partial charge in [0.05, 0.1) is 6.10 Å². The van der Waals surface area contributed by atoms with Crippen LogP contribution in [-0.2, 0) is 9.53 Å². The highest BCUT2D eigenvalue weighted by atomic mass is 16.6. The lowest BCUT2D eigenvalue weighted by Crippen LogP contribution is -2.44. The van der Waals surface area contributed by atoms with Crippen molar-refractivity contribution in [2.75, 3.05) is 0 Å². The average Bonchev–Trinajstić information content (AvgIpc) is 1.82. The van der Waals surface area contributed by atoms with Crippen LogP contribution in [0.25, 0.3) is 0 Å². The maximum absolute atomic E-state index is 10.6. The zero-order valence-corrected chi connectivity index (χ0v) is 5.65. The molecule has 1 rings (SSSR count). The predicted octanol–water partition coefficient (Wildman–Crippen LogP) is -0.956. The standard InChI is InChI=1S/C6H10O4/c1-3-2-4(7)5(8)6(9)10-3/h3-5,7-8H,2H2,1H3/t3-,4+,5-/m0/s1. The van der Waals surface area contributed by atoms with Gasteiger partial charge in [-0.3, -0.25) is 0 Å². The minimum atomic E-state index is -1.35. The number of rotatable bonds is 0. The predicted molar refractivity (Wildman–Crippen MR) is 32.2 cm³/mol. The SMILES string of the molecule is C[C@H]1C[C@@H](O)[C@H](O)C(=O)O1. The number of esters is 1. The smallest absolute Gasteiger partial charge is 0.337 e. The van der Waals surface area contributed by atoms with Crippen LogP contribution in [0.5, 0.6) is 0 Å². The first-order valence-electron chi connectivity index (χ1n) is 3.18. The van der Waals surface area contributed by atoms with Crippen molar-refractivity contribution in [2.45, 2.75) is 31.7 Å². The van der Waals surface area contributed by atoms with Gasteiger partial charge in [0, 0.05) is 6.42 Å². The molecular formula is C6H10O4. The summed E-state index contributed by atoms with van der Waals surface area (Å²) in [5, 5.41) is 17.8. The molecule has 0 aromatic carbocycles. The maximum Gasteiger partial charge on any atom is 0.337 e. The Labute approximate surface area is 58.4 Å². The molecule has 2 N–H and O–H groups in total. The van der Waals surface area contributed by atoms with E-state index in [1.807, 2.05) is 0 Å². The first-order valence-corrected chi connectivity index (χ1v) is 3.18. The summed E-state index contributed by atoms with van der Waals surface area (Å²) in [7, 11) is 0. The van der Waals surface area contributed by atoms with E-state index in [0.29, 0.717) is 6.42 Å². The summed E-state index contributed by atoms with van der Waals surface area (Å²) >= 11 is 0. The molecule has 0 bridgehead atoms. The van der Waals surface area contributed by atoms with Crippen LogP contribution in [0.3, 0.4) is 0 Å². The minimum absolute atomic E-state index is 0.286. The van der Waals surface area contributed by atoms with Crippen LogP contribution >= 0.6 is 0 Å². The molecule has 0 amide bonds. The normalized spacial score (nSPS) is 41.1. The highest BCUT2D eigenvalue weighted by molar-refractivity contribution is 5.76. The zero-order chi connectivity index (χ0) is 7.72. The van der Waals surface area contributed by atoms with Crippen molar-refractivity contribution in [3.8, 4) is 0 Å². The number of hydrogen-bond donors (Lipinski definition) is 2. The summed E-state index contributed by atoms with van der Waals surface area (Å²) in [5.41, 5.74) is 0. The lowest BCUT2D eigenvalue weighted by atomic mass is 10.0. The summed E-state index contributed by atoms with van der Waals surface area (Å²) in [6.45, 7) is 1.67. The van der Waals surface area contributed by atoms with Crippen molar-refractivity contribution in [3.05, 3.63) is 0 Å². The third-order valence-corrected chi connectivity index (χ3v) is 1.50. The Morgan fingerprint density at radius 1 is 1.60 bits per heavy atom. The van der Waals surface area contributed by atoms with E-state index in [4.69, 9.17) is 10.2 Å². The molecule has 0 radical (unpaired) electrons. The second-order valence-electron chi connectivity index (χ2n) is 2.50. The van der Waals surface area contributed by atoms with E-state index < -0.39 is 18.2 Å². The molecule has 58 valence electrons. The summed E-state index contributed by atoms with van der Waals surface area (Å²) in [5.74, 6) is -0.730.